The van der Waals surface area contributed by atoms with Crippen LogP contribution in [-0.2, 0) is 10.4 Å². The first kappa shape index (κ1) is 18.5. The SMILES string of the molecule is CC(C(N)=O)N1CCC(F)(F)C(c2c[nH]c(=O)c(C(C)(C)O)c2)C1. The lowest BCUT2D eigenvalue weighted by Crippen LogP contribution is -2.52. The van der Waals surface area contributed by atoms with E-state index in [1.54, 1.807) is 11.8 Å². The number of primary amides is 1. The van der Waals surface area contributed by atoms with Crippen molar-refractivity contribution < 1.29 is 18.7 Å². The van der Waals surface area contributed by atoms with Crippen LogP contribution in [0.2, 0.25) is 0 Å². The number of hydrogen-bond donors (Lipinski definition) is 3. The van der Waals surface area contributed by atoms with E-state index < -0.39 is 41.4 Å². The van der Waals surface area contributed by atoms with Gasteiger partial charge in [-0.25, -0.2) is 8.78 Å². The van der Waals surface area contributed by atoms with Crippen molar-refractivity contribution in [3.63, 3.8) is 0 Å². The van der Waals surface area contributed by atoms with Gasteiger partial charge in [0.1, 0.15) is 0 Å². The van der Waals surface area contributed by atoms with Gasteiger partial charge in [-0.2, -0.15) is 0 Å². The van der Waals surface area contributed by atoms with Crippen LogP contribution in [0.5, 0.6) is 0 Å². The fourth-order valence-corrected chi connectivity index (χ4v) is 2.96. The second-order valence-electron chi connectivity index (χ2n) is 6.87. The molecular weight excluding hydrogens is 320 g/mol. The fraction of sp³-hybridized carbons (Fsp3) is 0.625. The largest absolute Gasteiger partial charge is 0.386 e. The number of pyridine rings is 1. The Kier molecular flexibility index (Phi) is 4.83. The first-order chi connectivity index (χ1) is 10.9. The number of nitrogens with zero attached hydrogens (tertiary/aromatic N) is 1. The first-order valence-electron chi connectivity index (χ1n) is 7.80. The highest BCUT2D eigenvalue weighted by Gasteiger charge is 2.46. The first-order valence-corrected chi connectivity index (χ1v) is 7.80. The summed E-state index contributed by atoms with van der Waals surface area (Å²) in [7, 11) is 0. The Morgan fingerprint density at radius 2 is 2.17 bits per heavy atom. The summed E-state index contributed by atoms with van der Waals surface area (Å²) in [4.78, 5) is 27.2. The quantitative estimate of drug-likeness (QED) is 0.756. The number of halogens is 2. The van der Waals surface area contributed by atoms with E-state index in [4.69, 9.17) is 5.73 Å². The zero-order valence-corrected chi connectivity index (χ0v) is 14.0. The van der Waals surface area contributed by atoms with Gasteiger partial charge in [-0.3, -0.25) is 14.5 Å². The van der Waals surface area contributed by atoms with Crippen LogP contribution in [0.4, 0.5) is 8.78 Å². The van der Waals surface area contributed by atoms with Crippen LogP contribution in [0, 0.1) is 0 Å². The van der Waals surface area contributed by atoms with Crippen LogP contribution in [0.15, 0.2) is 17.1 Å². The molecule has 1 amide bonds. The third-order valence-corrected chi connectivity index (χ3v) is 4.61. The molecule has 2 atom stereocenters. The van der Waals surface area contributed by atoms with E-state index in [0.29, 0.717) is 0 Å². The maximum absolute atomic E-state index is 14.4. The van der Waals surface area contributed by atoms with Crippen LogP contribution in [-0.4, -0.2) is 46.0 Å². The monoisotopic (exact) mass is 343 g/mol. The van der Waals surface area contributed by atoms with Gasteiger partial charge in [-0.05, 0) is 32.4 Å². The van der Waals surface area contributed by atoms with Crippen LogP contribution < -0.4 is 11.3 Å². The minimum Gasteiger partial charge on any atom is -0.386 e. The number of amides is 1. The van der Waals surface area contributed by atoms with E-state index in [1.807, 2.05) is 0 Å². The van der Waals surface area contributed by atoms with Crippen LogP contribution >= 0.6 is 0 Å². The minimum absolute atomic E-state index is 0.0240. The van der Waals surface area contributed by atoms with Gasteiger partial charge in [-0.1, -0.05) is 0 Å². The summed E-state index contributed by atoms with van der Waals surface area (Å²) in [6.07, 6.45) is 0.834. The number of hydrogen-bond acceptors (Lipinski definition) is 4. The van der Waals surface area contributed by atoms with Gasteiger partial charge in [0.2, 0.25) is 5.91 Å². The molecule has 8 heteroatoms. The third kappa shape index (κ3) is 3.64. The van der Waals surface area contributed by atoms with E-state index in [-0.39, 0.29) is 24.2 Å². The van der Waals surface area contributed by atoms with Crippen molar-refractivity contribution in [3.05, 3.63) is 33.7 Å². The number of alkyl halides is 2. The standard InChI is InChI=1S/C16H23F2N3O3/c1-9(13(19)22)21-5-4-16(17,18)12(8-21)10-6-11(15(2,3)24)14(23)20-7-10/h6-7,9,12,24H,4-5,8H2,1-3H3,(H2,19,22)(H,20,23). The lowest BCUT2D eigenvalue weighted by atomic mass is 9.85. The maximum atomic E-state index is 14.4. The number of aliphatic hydroxyl groups is 1. The Hall–Kier alpha value is -1.80. The molecule has 134 valence electrons. The average molecular weight is 343 g/mol. The van der Waals surface area contributed by atoms with Crippen molar-refractivity contribution in [3.8, 4) is 0 Å². The van der Waals surface area contributed by atoms with Crippen molar-refractivity contribution in [2.45, 2.75) is 50.7 Å². The average Bonchev–Trinajstić information content (AvgIpc) is 2.46. The number of nitrogens with one attached hydrogen (secondary N) is 1. The molecule has 4 N–H and O–H groups in total. The second kappa shape index (κ2) is 6.25. The second-order valence-corrected chi connectivity index (χ2v) is 6.87. The van der Waals surface area contributed by atoms with Gasteiger partial charge < -0.3 is 15.8 Å². The van der Waals surface area contributed by atoms with E-state index >= 15 is 0 Å². The smallest absolute Gasteiger partial charge is 0.257 e. The van der Waals surface area contributed by atoms with Crippen molar-refractivity contribution in [1.82, 2.24) is 9.88 Å². The summed E-state index contributed by atoms with van der Waals surface area (Å²) in [6.45, 7) is 4.42. The van der Waals surface area contributed by atoms with Crippen molar-refractivity contribution >= 4 is 5.91 Å². The molecule has 2 unspecified atom stereocenters. The molecule has 1 aliphatic rings. The van der Waals surface area contributed by atoms with E-state index in [1.165, 1.54) is 26.1 Å². The molecule has 1 aliphatic heterocycles. The number of likely N-dealkylation sites (tertiary alicyclic amines) is 1. The number of nitrogens with two attached hydrogens (primary N) is 1. The number of aromatic amines is 1. The molecule has 2 rings (SSSR count). The van der Waals surface area contributed by atoms with E-state index in [9.17, 15) is 23.5 Å². The van der Waals surface area contributed by atoms with Crippen molar-refractivity contribution in [2.75, 3.05) is 13.1 Å². The summed E-state index contributed by atoms with van der Waals surface area (Å²) in [6, 6.07) is 0.663. The lowest BCUT2D eigenvalue weighted by Gasteiger charge is -2.40. The lowest BCUT2D eigenvalue weighted by molar-refractivity contribution is -0.127. The highest BCUT2D eigenvalue weighted by atomic mass is 19.3. The van der Waals surface area contributed by atoms with Crippen molar-refractivity contribution in [2.24, 2.45) is 5.73 Å². The highest BCUT2D eigenvalue weighted by Crippen LogP contribution is 2.41. The predicted molar refractivity (Wildman–Crippen MR) is 84.8 cm³/mol. The Morgan fingerprint density at radius 3 is 2.71 bits per heavy atom. The molecule has 0 radical (unpaired) electrons. The zero-order valence-electron chi connectivity index (χ0n) is 14.0. The molecule has 0 aliphatic carbocycles. The minimum atomic E-state index is -2.98. The summed E-state index contributed by atoms with van der Waals surface area (Å²) < 4.78 is 28.8. The van der Waals surface area contributed by atoms with Crippen LogP contribution in [0.3, 0.4) is 0 Å². The summed E-state index contributed by atoms with van der Waals surface area (Å²) >= 11 is 0. The van der Waals surface area contributed by atoms with E-state index in [0.717, 1.165) is 0 Å². The van der Waals surface area contributed by atoms with Crippen LogP contribution in [0.25, 0.3) is 0 Å². The molecular formula is C16H23F2N3O3. The molecule has 1 saturated heterocycles. The number of carbonyl (C=O) groups is 1. The third-order valence-electron chi connectivity index (χ3n) is 4.61. The fourth-order valence-electron chi connectivity index (χ4n) is 2.96. The molecule has 1 aromatic rings. The molecule has 1 aromatic heterocycles. The van der Waals surface area contributed by atoms with Gasteiger partial charge in [0.05, 0.1) is 17.6 Å². The number of carbonyl (C=O) groups excluding carboxylic acids is 1. The van der Waals surface area contributed by atoms with Crippen molar-refractivity contribution in [1.29, 1.82) is 0 Å². The summed E-state index contributed by atoms with van der Waals surface area (Å²) in [5.74, 6) is -4.76. The summed E-state index contributed by atoms with van der Waals surface area (Å²) in [5, 5.41) is 10.1. The Morgan fingerprint density at radius 1 is 1.54 bits per heavy atom. The molecule has 1 fully saturated rings. The van der Waals surface area contributed by atoms with Gasteiger partial charge in [0.15, 0.2) is 0 Å². The van der Waals surface area contributed by atoms with Gasteiger partial charge in [0, 0.05) is 31.3 Å². The van der Waals surface area contributed by atoms with Crippen LogP contribution in [0.1, 0.15) is 44.2 Å². The predicted octanol–water partition coefficient (Wildman–Crippen LogP) is 0.901. The maximum Gasteiger partial charge on any atom is 0.257 e. The topological polar surface area (TPSA) is 99.4 Å². The molecule has 0 saturated carbocycles. The molecule has 24 heavy (non-hydrogen) atoms. The molecule has 0 bridgehead atoms. The molecule has 0 aromatic carbocycles. The Balaban J connectivity index is 2.40. The van der Waals surface area contributed by atoms with Gasteiger partial charge >= 0.3 is 0 Å². The molecule has 2 heterocycles. The van der Waals surface area contributed by atoms with E-state index in [2.05, 4.69) is 4.98 Å². The number of aromatic nitrogens is 1. The Labute approximate surface area is 138 Å². The summed E-state index contributed by atoms with van der Waals surface area (Å²) in [5.41, 5.74) is 3.54. The highest BCUT2D eigenvalue weighted by molar-refractivity contribution is 5.79. The van der Waals surface area contributed by atoms with Gasteiger partial charge in [0.25, 0.3) is 11.5 Å². The molecule has 0 spiro atoms. The Bertz CT molecular complexity index is 682. The normalized spacial score (nSPS) is 23.0. The number of H-pyrrole nitrogens is 1. The number of rotatable bonds is 4. The van der Waals surface area contributed by atoms with Gasteiger partial charge in [-0.15, -0.1) is 0 Å². The molecule has 6 nitrogen and oxygen atoms in total. The number of piperidine rings is 1. The zero-order chi connectivity index (χ0) is 18.3.